The van der Waals surface area contributed by atoms with Crippen molar-refractivity contribution < 1.29 is 19.2 Å². The highest BCUT2D eigenvalue weighted by molar-refractivity contribution is 5.99. The molecule has 23 heavy (non-hydrogen) atoms. The number of Topliss-reactive ketones (excluding diaryl/α,β-unsaturated/α-hetero) is 1. The molecule has 0 spiro atoms. The zero-order valence-electron chi connectivity index (χ0n) is 13.4. The fourth-order valence-electron chi connectivity index (χ4n) is 3.42. The van der Waals surface area contributed by atoms with Gasteiger partial charge in [-0.2, -0.15) is 0 Å². The van der Waals surface area contributed by atoms with Crippen LogP contribution in [0.15, 0.2) is 35.6 Å². The number of hydrogen-bond acceptors (Lipinski definition) is 5. The molecule has 0 N–H and O–H groups in total. The van der Waals surface area contributed by atoms with Crippen LogP contribution in [0, 0.1) is 15.5 Å². The molecule has 0 radical (unpaired) electrons. The minimum absolute atomic E-state index is 0.0616. The summed E-state index contributed by atoms with van der Waals surface area (Å²) in [5.74, 6) is 0.329. The highest BCUT2D eigenvalue weighted by Gasteiger charge is 2.51. The summed E-state index contributed by atoms with van der Waals surface area (Å²) in [4.78, 5) is 23.6. The monoisotopic (exact) mass is 317 g/mol. The average Bonchev–Trinajstić information content (AvgIpc) is 2.85. The van der Waals surface area contributed by atoms with Gasteiger partial charge in [0, 0.05) is 12.8 Å². The molecule has 0 aromatic heterocycles. The number of allylic oxidation sites excluding steroid dienone is 1. The van der Waals surface area contributed by atoms with Crippen LogP contribution in [0.4, 0.5) is 0 Å². The molecule has 1 aromatic carbocycles. The standard InChI is InChI=1S/C17H19NO5/c1-17(2)8-12(19)15-13(9-17)23-16(18(20)21)14(15)10-5-4-6-11(7-10)22-3/h4-7,14,16H,8-9H2,1-3H3/t14-,16-/m1/s1. The van der Waals surface area contributed by atoms with E-state index in [0.717, 1.165) is 0 Å². The smallest absolute Gasteiger partial charge is 0.364 e. The summed E-state index contributed by atoms with van der Waals surface area (Å²) in [5.41, 5.74) is 0.892. The first kappa shape index (κ1) is 15.5. The van der Waals surface area contributed by atoms with E-state index in [1.54, 1.807) is 24.3 Å². The van der Waals surface area contributed by atoms with E-state index >= 15 is 0 Å². The molecule has 0 amide bonds. The SMILES string of the molecule is COc1cccc([C@@H]2C3=C(CC(C)(C)CC3=O)O[C@H]2[N+](=O)[O-])c1. The number of hydrogen-bond donors (Lipinski definition) is 0. The minimum atomic E-state index is -1.26. The Morgan fingerprint density at radius 3 is 2.74 bits per heavy atom. The molecule has 6 heteroatoms. The summed E-state index contributed by atoms with van der Waals surface area (Å²) in [5, 5.41) is 11.5. The maximum atomic E-state index is 12.6. The number of carbonyl (C=O) groups excluding carboxylic acids is 1. The second-order valence-electron chi connectivity index (χ2n) is 6.83. The van der Waals surface area contributed by atoms with Gasteiger partial charge in [-0.1, -0.05) is 26.0 Å². The average molecular weight is 317 g/mol. The zero-order valence-corrected chi connectivity index (χ0v) is 13.4. The molecule has 0 bridgehead atoms. The molecule has 1 aliphatic heterocycles. The molecule has 2 aliphatic rings. The van der Waals surface area contributed by atoms with Crippen LogP contribution in [-0.4, -0.2) is 24.0 Å². The molecule has 2 atom stereocenters. The van der Waals surface area contributed by atoms with Gasteiger partial charge in [-0.05, 0) is 23.1 Å². The first-order valence-electron chi connectivity index (χ1n) is 7.53. The molecule has 0 saturated carbocycles. The summed E-state index contributed by atoms with van der Waals surface area (Å²) in [6, 6.07) is 7.03. The van der Waals surface area contributed by atoms with E-state index in [1.807, 2.05) is 13.8 Å². The maximum Gasteiger partial charge on any atom is 0.364 e. The van der Waals surface area contributed by atoms with Crippen LogP contribution in [0.5, 0.6) is 5.75 Å². The van der Waals surface area contributed by atoms with Gasteiger partial charge in [-0.3, -0.25) is 14.9 Å². The molecule has 0 fully saturated rings. The van der Waals surface area contributed by atoms with Crippen LogP contribution in [0.2, 0.25) is 0 Å². The third kappa shape index (κ3) is 2.69. The topological polar surface area (TPSA) is 78.7 Å². The van der Waals surface area contributed by atoms with E-state index in [-0.39, 0.29) is 11.2 Å². The Kier molecular flexibility index (Phi) is 3.62. The van der Waals surface area contributed by atoms with Gasteiger partial charge in [0.25, 0.3) is 0 Å². The fourth-order valence-corrected chi connectivity index (χ4v) is 3.42. The van der Waals surface area contributed by atoms with Crippen LogP contribution in [0.3, 0.4) is 0 Å². The maximum absolute atomic E-state index is 12.6. The van der Waals surface area contributed by atoms with Gasteiger partial charge >= 0.3 is 6.23 Å². The largest absolute Gasteiger partial charge is 0.497 e. The lowest BCUT2D eigenvalue weighted by atomic mass is 9.73. The zero-order chi connectivity index (χ0) is 16.8. The molecule has 122 valence electrons. The Morgan fingerprint density at radius 2 is 2.09 bits per heavy atom. The third-order valence-electron chi connectivity index (χ3n) is 4.40. The van der Waals surface area contributed by atoms with E-state index in [4.69, 9.17) is 9.47 Å². The van der Waals surface area contributed by atoms with Crippen LogP contribution in [0.1, 0.15) is 38.2 Å². The number of nitrogens with zero attached hydrogens (tertiary/aromatic N) is 1. The number of benzene rings is 1. The number of methoxy groups -OCH3 is 1. The summed E-state index contributed by atoms with van der Waals surface area (Å²) < 4.78 is 10.8. The van der Waals surface area contributed by atoms with E-state index in [9.17, 15) is 14.9 Å². The van der Waals surface area contributed by atoms with E-state index in [2.05, 4.69) is 0 Å². The molecular weight excluding hydrogens is 298 g/mol. The quantitative estimate of drug-likeness (QED) is 0.632. The van der Waals surface area contributed by atoms with Crippen molar-refractivity contribution in [1.29, 1.82) is 0 Å². The second-order valence-corrected chi connectivity index (χ2v) is 6.83. The molecule has 1 aliphatic carbocycles. The van der Waals surface area contributed by atoms with Crippen LogP contribution >= 0.6 is 0 Å². The molecular formula is C17H19NO5. The Labute approximate surface area is 134 Å². The first-order chi connectivity index (χ1) is 10.8. The van der Waals surface area contributed by atoms with Crippen molar-refractivity contribution in [2.75, 3.05) is 7.11 Å². The van der Waals surface area contributed by atoms with E-state index < -0.39 is 17.1 Å². The Hall–Kier alpha value is -2.37. The molecule has 0 saturated heterocycles. The van der Waals surface area contributed by atoms with Crippen molar-refractivity contribution >= 4 is 5.78 Å². The second kappa shape index (κ2) is 5.37. The molecule has 1 aromatic rings. The Balaban J connectivity index is 2.09. The highest BCUT2D eigenvalue weighted by atomic mass is 16.7. The lowest BCUT2D eigenvalue weighted by Crippen LogP contribution is -2.28. The van der Waals surface area contributed by atoms with Gasteiger partial charge in [-0.25, -0.2) is 0 Å². The van der Waals surface area contributed by atoms with Crippen molar-refractivity contribution in [2.24, 2.45) is 5.41 Å². The van der Waals surface area contributed by atoms with Gasteiger partial charge in [0.15, 0.2) is 5.78 Å². The molecule has 6 nitrogen and oxygen atoms in total. The summed E-state index contributed by atoms with van der Waals surface area (Å²) >= 11 is 0. The lowest BCUT2D eigenvalue weighted by Gasteiger charge is -2.28. The number of ether oxygens (including phenoxy) is 2. The van der Waals surface area contributed by atoms with Gasteiger partial charge in [0.2, 0.25) is 0 Å². The third-order valence-corrected chi connectivity index (χ3v) is 4.40. The number of ketones is 1. The van der Waals surface area contributed by atoms with Crippen LogP contribution < -0.4 is 4.74 Å². The summed E-state index contributed by atoms with van der Waals surface area (Å²) in [7, 11) is 1.54. The van der Waals surface area contributed by atoms with E-state index in [0.29, 0.717) is 35.5 Å². The Morgan fingerprint density at radius 1 is 1.35 bits per heavy atom. The highest BCUT2D eigenvalue weighted by Crippen LogP contribution is 2.49. The van der Waals surface area contributed by atoms with Crippen molar-refractivity contribution in [2.45, 2.75) is 38.8 Å². The van der Waals surface area contributed by atoms with Gasteiger partial charge in [0.1, 0.15) is 17.4 Å². The Bertz CT molecular complexity index is 707. The van der Waals surface area contributed by atoms with Crippen molar-refractivity contribution in [3.63, 3.8) is 0 Å². The fraction of sp³-hybridized carbons (Fsp3) is 0.471. The first-order valence-corrected chi connectivity index (χ1v) is 7.53. The number of rotatable bonds is 3. The van der Waals surface area contributed by atoms with Crippen molar-refractivity contribution in [3.8, 4) is 5.75 Å². The van der Waals surface area contributed by atoms with Crippen molar-refractivity contribution in [3.05, 3.63) is 51.3 Å². The van der Waals surface area contributed by atoms with Crippen LogP contribution in [0.25, 0.3) is 0 Å². The number of carbonyl (C=O) groups is 1. The molecule has 3 rings (SSSR count). The molecule has 1 heterocycles. The predicted molar refractivity (Wildman–Crippen MR) is 82.7 cm³/mol. The van der Waals surface area contributed by atoms with Crippen LogP contribution in [-0.2, 0) is 9.53 Å². The molecule has 0 unspecified atom stereocenters. The summed E-state index contributed by atoms with van der Waals surface area (Å²) in [6.07, 6.45) is -0.344. The van der Waals surface area contributed by atoms with Gasteiger partial charge in [-0.15, -0.1) is 0 Å². The van der Waals surface area contributed by atoms with Crippen molar-refractivity contribution in [1.82, 2.24) is 0 Å². The van der Waals surface area contributed by atoms with E-state index in [1.165, 1.54) is 7.11 Å². The van der Waals surface area contributed by atoms with Gasteiger partial charge in [0.05, 0.1) is 17.6 Å². The normalized spacial score (nSPS) is 25.8. The lowest BCUT2D eigenvalue weighted by molar-refractivity contribution is -0.570. The number of nitro groups is 1. The summed E-state index contributed by atoms with van der Waals surface area (Å²) in [6.45, 7) is 3.94. The minimum Gasteiger partial charge on any atom is -0.497 e. The van der Waals surface area contributed by atoms with Gasteiger partial charge < -0.3 is 9.47 Å². The predicted octanol–water partition coefficient (Wildman–Crippen LogP) is 3.06.